The molecule has 102 valence electrons. The summed E-state index contributed by atoms with van der Waals surface area (Å²) in [5, 5.41) is 12.3. The Hall–Kier alpha value is -1.31. The molecule has 1 saturated carbocycles. The molecular formula is C17H23NO. The quantitative estimate of drug-likeness (QED) is 0.634. The molecule has 2 aliphatic carbocycles. The van der Waals surface area contributed by atoms with Crippen LogP contribution in [-0.4, -0.2) is 10.9 Å². The Kier molecular flexibility index (Phi) is 3.86. The molecule has 0 aromatic heterocycles. The van der Waals surface area contributed by atoms with Gasteiger partial charge in [0.2, 0.25) is 0 Å². The van der Waals surface area contributed by atoms with Crippen molar-refractivity contribution in [2.75, 3.05) is 0 Å². The minimum Gasteiger partial charge on any atom is -0.411 e. The second-order valence-electron chi connectivity index (χ2n) is 6.08. The van der Waals surface area contributed by atoms with Crippen LogP contribution < -0.4 is 0 Å². The fourth-order valence-electron chi connectivity index (χ4n) is 3.63. The average molecular weight is 257 g/mol. The highest BCUT2D eigenvalue weighted by molar-refractivity contribution is 6.04. The number of aryl methyl sites for hydroxylation is 2. The number of hydrogen-bond donors (Lipinski definition) is 1. The van der Waals surface area contributed by atoms with Gasteiger partial charge in [0, 0.05) is 5.56 Å². The third-order valence-electron chi connectivity index (χ3n) is 4.80. The number of rotatable bonds is 3. The van der Waals surface area contributed by atoms with Crippen LogP contribution in [0.5, 0.6) is 0 Å². The summed E-state index contributed by atoms with van der Waals surface area (Å²) in [7, 11) is 0. The highest BCUT2D eigenvalue weighted by Crippen LogP contribution is 2.29. The molecule has 0 unspecified atom stereocenters. The van der Waals surface area contributed by atoms with E-state index in [1.54, 1.807) is 0 Å². The first-order valence-corrected chi connectivity index (χ1v) is 7.70. The molecule has 0 saturated heterocycles. The van der Waals surface area contributed by atoms with Gasteiger partial charge < -0.3 is 5.21 Å². The van der Waals surface area contributed by atoms with Crippen molar-refractivity contribution in [2.45, 2.75) is 57.8 Å². The molecule has 0 aliphatic heterocycles. The van der Waals surface area contributed by atoms with Crippen molar-refractivity contribution in [2.24, 2.45) is 11.1 Å². The molecule has 0 spiro atoms. The summed E-state index contributed by atoms with van der Waals surface area (Å²) in [4.78, 5) is 0. The van der Waals surface area contributed by atoms with Crippen LogP contribution in [0, 0.1) is 5.92 Å². The van der Waals surface area contributed by atoms with Crippen molar-refractivity contribution in [1.29, 1.82) is 0 Å². The monoisotopic (exact) mass is 257 g/mol. The molecule has 1 aromatic carbocycles. The van der Waals surface area contributed by atoms with Crippen LogP contribution in [0.3, 0.4) is 0 Å². The first kappa shape index (κ1) is 12.7. The van der Waals surface area contributed by atoms with Gasteiger partial charge in [0.15, 0.2) is 0 Å². The molecule has 0 atom stereocenters. The molecule has 2 heteroatoms. The van der Waals surface area contributed by atoms with Gasteiger partial charge in [0.05, 0.1) is 5.71 Å². The summed E-state index contributed by atoms with van der Waals surface area (Å²) >= 11 is 0. The smallest absolute Gasteiger partial charge is 0.0873 e. The van der Waals surface area contributed by atoms with Crippen LogP contribution >= 0.6 is 0 Å². The first-order chi connectivity index (χ1) is 9.36. The van der Waals surface area contributed by atoms with Crippen LogP contribution in [0.15, 0.2) is 23.4 Å². The Balaban J connectivity index is 1.63. The second kappa shape index (κ2) is 5.77. The van der Waals surface area contributed by atoms with Crippen LogP contribution in [-0.2, 0) is 12.8 Å². The molecule has 3 rings (SSSR count). The van der Waals surface area contributed by atoms with Crippen LogP contribution in [0.4, 0.5) is 0 Å². The van der Waals surface area contributed by atoms with Gasteiger partial charge in [-0.3, -0.25) is 0 Å². The maximum absolute atomic E-state index is 8.94. The van der Waals surface area contributed by atoms with E-state index < -0.39 is 0 Å². The molecule has 0 amide bonds. The number of nitrogens with zero attached hydrogens (tertiary/aromatic N) is 1. The molecule has 0 radical (unpaired) electrons. The predicted molar refractivity (Wildman–Crippen MR) is 78.0 cm³/mol. The topological polar surface area (TPSA) is 32.6 Å². The van der Waals surface area contributed by atoms with E-state index >= 15 is 0 Å². The van der Waals surface area contributed by atoms with Gasteiger partial charge in [-0.25, -0.2) is 0 Å². The number of oxime groups is 1. The molecule has 1 fully saturated rings. The van der Waals surface area contributed by atoms with Gasteiger partial charge >= 0.3 is 0 Å². The summed E-state index contributed by atoms with van der Waals surface area (Å²) in [6, 6.07) is 6.70. The highest BCUT2D eigenvalue weighted by atomic mass is 16.4. The van der Waals surface area contributed by atoms with Gasteiger partial charge in [-0.05, 0) is 42.7 Å². The van der Waals surface area contributed by atoms with Gasteiger partial charge in [-0.1, -0.05) is 55.5 Å². The number of fused-ring (bicyclic) bond motifs is 1. The standard InChI is InChI=1S/C17H23NO/c19-18-17-11-9-15-12-14(8-10-16(15)17)7-6-13-4-2-1-3-5-13/h8,10,12-13,19H,1-7,9,11H2. The van der Waals surface area contributed by atoms with E-state index in [4.69, 9.17) is 5.21 Å². The molecule has 19 heavy (non-hydrogen) atoms. The Morgan fingerprint density at radius 3 is 2.74 bits per heavy atom. The van der Waals surface area contributed by atoms with E-state index in [9.17, 15) is 0 Å². The molecular weight excluding hydrogens is 234 g/mol. The minimum absolute atomic E-state index is 0.855. The normalized spacial score (nSPS) is 21.8. The molecule has 1 aromatic rings. The van der Waals surface area contributed by atoms with E-state index in [0.717, 1.165) is 30.0 Å². The lowest BCUT2D eigenvalue weighted by Gasteiger charge is -2.21. The molecule has 2 aliphatic rings. The second-order valence-corrected chi connectivity index (χ2v) is 6.08. The molecule has 0 heterocycles. The summed E-state index contributed by atoms with van der Waals surface area (Å²) in [6.45, 7) is 0. The molecule has 2 nitrogen and oxygen atoms in total. The Bertz CT molecular complexity index is 472. The zero-order chi connectivity index (χ0) is 13.1. The van der Waals surface area contributed by atoms with Crippen LogP contribution in [0.1, 0.15) is 61.6 Å². The van der Waals surface area contributed by atoms with Gasteiger partial charge in [0.1, 0.15) is 0 Å². The lowest BCUT2D eigenvalue weighted by Crippen LogP contribution is -2.07. The fraction of sp³-hybridized carbons (Fsp3) is 0.588. The summed E-state index contributed by atoms with van der Waals surface area (Å²) in [6.07, 6.45) is 11.7. The highest BCUT2D eigenvalue weighted by Gasteiger charge is 2.19. The van der Waals surface area contributed by atoms with Gasteiger partial charge in [-0.2, -0.15) is 0 Å². The van der Waals surface area contributed by atoms with E-state index in [0.29, 0.717) is 0 Å². The van der Waals surface area contributed by atoms with Gasteiger partial charge in [0.25, 0.3) is 0 Å². The first-order valence-electron chi connectivity index (χ1n) is 7.70. The third-order valence-corrected chi connectivity index (χ3v) is 4.80. The Labute approximate surface area is 115 Å². The lowest BCUT2D eigenvalue weighted by molar-refractivity contribution is 0.318. The zero-order valence-electron chi connectivity index (χ0n) is 11.6. The van der Waals surface area contributed by atoms with Crippen molar-refractivity contribution in [3.8, 4) is 0 Å². The van der Waals surface area contributed by atoms with Crippen LogP contribution in [0.2, 0.25) is 0 Å². The van der Waals surface area contributed by atoms with Gasteiger partial charge in [-0.15, -0.1) is 0 Å². The average Bonchev–Trinajstić information content (AvgIpc) is 2.88. The van der Waals surface area contributed by atoms with Crippen molar-refractivity contribution in [3.05, 3.63) is 34.9 Å². The maximum Gasteiger partial charge on any atom is 0.0873 e. The SMILES string of the molecule is ON=C1CCc2cc(CCC3CCCCC3)ccc21. The summed E-state index contributed by atoms with van der Waals surface area (Å²) in [5.74, 6) is 0.955. The van der Waals surface area contributed by atoms with E-state index in [1.807, 2.05) is 0 Å². The Morgan fingerprint density at radius 1 is 1.11 bits per heavy atom. The Morgan fingerprint density at radius 2 is 1.95 bits per heavy atom. The molecule has 1 N–H and O–H groups in total. The molecule has 0 bridgehead atoms. The zero-order valence-corrected chi connectivity index (χ0v) is 11.6. The minimum atomic E-state index is 0.855. The summed E-state index contributed by atoms with van der Waals surface area (Å²) in [5.41, 5.74) is 4.84. The van der Waals surface area contributed by atoms with Crippen molar-refractivity contribution in [1.82, 2.24) is 0 Å². The van der Waals surface area contributed by atoms with Crippen LogP contribution in [0.25, 0.3) is 0 Å². The van der Waals surface area contributed by atoms with Crippen molar-refractivity contribution < 1.29 is 5.21 Å². The van der Waals surface area contributed by atoms with Crippen molar-refractivity contribution >= 4 is 5.71 Å². The largest absolute Gasteiger partial charge is 0.411 e. The van der Waals surface area contributed by atoms with E-state index in [2.05, 4.69) is 23.4 Å². The maximum atomic E-state index is 8.94. The lowest BCUT2D eigenvalue weighted by atomic mass is 9.85. The number of hydrogen-bond acceptors (Lipinski definition) is 2. The number of benzene rings is 1. The third kappa shape index (κ3) is 2.83. The predicted octanol–water partition coefficient (Wildman–Crippen LogP) is 4.32. The fourth-order valence-corrected chi connectivity index (χ4v) is 3.63. The summed E-state index contributed by atoms with van der Waals surface area (Å²) < 4.78 is 0. The van der Waals surface area contributed by atoms with Crippen molar-refractivity contribution in [3.63, 3.8) is 0 Å². The van der Waals surface area contributed by atoms with E-state index in [1.165, 1.54) is 56.1 Å². The van der Waals surface area contributed by atoms with E-state index in [-0.39, 0.29) is 0 Å².